The van der Waals surface area contributed by atoms with Crippen LogP contribution in [-0.4, -0.2) is 29.0 Å². The molecule has 0 aliphatic rings. The fourth-order valence-electron chi connectivity index (χ4n) is 1.00. The first-order valence-electron chi connectivity index (χ1n) is 5.10. The zero-order chi connectivity index (χ0) is 13.0. The molecule has 5 nitrogen and oxygen atoms in total. The molecular weight excluding hydrogens is 249 g/mol. The number of nitrogens with one attached hydrogen (secondary N) is 1. The van der Waals surface area contributed by atoms with Crippen molar-refractivity contribution in [3.05, 3.63) is 0 Å². The molecule has 0 saturated carbocycles. The van der Waals surface area contributed by atoms with Crippen LogP contribution in [0, 0.1) is 0 Å². The van der Waals surface area contributed by atoms with Gasteiger partial charge in [-0.1, -0.05) is 6.92 Å². The van der Waals surface area contributed by atoms with E-state index in [2.05, 4.69) is 4.72 Å². The molecule has 0 heterocycles. The van der Waals surface area contributed by atoms with Crippen molar-refractivity contribution >= 4 is 18.6 Å². The molecular formula is C9H22NO4PS. The first-order chi connectivity index (χ1) is 7.21. The van der Waals surface area contributed by atoms with Crippen LogP contribution in [0.1, 0.15) is 34.1 Å². The highest BCUT2D eigenvalue weighted by Gasteiger charge is 2.35. The van der Waals surface area contributed by atoms with Gasteiger partial charge in [0.1, 0.15) is 5.78 Å². The van der Waals surface area contributed by atoms with Crippen molar-refractivity contribution in [2.75, 3.05) is 14.2 Å². The van der Waals surface area contributed by atoms with Gasteiger partial charge >= 0.3 is 7.60 Å². The summed E-state index contributed by atoms with van der Waals surface area (Å²) in [7, 11) is -1.86. The zero-order valence-electron chi connectivity index (χ0n) is 10.8. The van der Waals surface area contributed by atoms with Crippen LogP contribution in [0.15, 0.2) is 0 Å². The molecule has 0 unspecified atom stereocenters. The summed E-state index contributed by atoms with van der Waals surface area (Å²) in [4.78, 5) is 0. The molecule has 0 spiro atoms. The zero-order valence-corrected chi connectivity index (χ0v) is 12.5. The Kier molecular flexibility index (Phi) is 6.36. The Morgan fingerprint density at radius 3 is 2.00 bits per heavy atom. The van der Waals surface area contributed by atoms with Gasteiger partial charge in [-0.05, 0) is 27.2 Å². The van der Waals surface area contributed by atoms with Crippen molar-refractivity contribution in [3.63, 3.8) is 0 Å². The predicted molar refractivity (Wildman–Crippen MR) is 66.7 cm³/mol. The van der Waals surface area contributed by atoms with E-state index in [9.17, 15) is 8.77 Å². The topological polar surface area (TPSA) is 64.6 Å². The molecule has 0 fully saturated rings. The first-order valence-corrected chi connectivity index (χ1v) is 7.86. The summed E-state index contributed by atoms with van der Waals surface area (Å²) in [5.74, 6) is -0.553. The second-order valence-electron chi connectivity index (χ2n) is 4.33. The van der Waals surface area contributed by atoms with Gasteiger partial charge in [0.15, 0.2) is 0 Å². The van der Waals surface area contributed by atoms with E-state index in [0.717, 1.165) is 0 Å². The Morgan fingerprint density at radius 1 is 1.31 bits per heavy atom. The highest BCUT2D eigenvalue weighted by molar-refractivity contribution is 7.84. The lowest BCUT2D eigenvalue weighted by atomic mass is 10.3. The summed E-state index contributed by atoms with van der Waals surface area (Å²) in [6.45, 7) is 7.36. The second-order valence-corrected chi connectivity index (χ2v) is 8.76. The highest BCUT2D eigenvalue weighted by Crippen LogP contribution is 2.51. The van der Waals surface area contributed by atoms with Crippen LogP contribution in [0.25, 0.3) is 0 Å². The molecule has 0 aliphatic heterocycles. The minimum atomic E-state index is -3.22. The Labute approximate surface area is 100 Å². The van der Waals surface area contributed by atoms with E-state index in [-0.39, 0.29) is 0 Å². The monoisotopic (exact) mass is 271 g/mol. The van der Waals surface area contributed by atoms with E-state index in [4.69, 9.17) is 9.05 Å². The Balaban J connectivity index is 4.78. The Bertz CT molecular complexity index is 282. The van der Waals surface area contributed by atoms with Gasteiger partial charge in [-0.25, -0.2) is 8.93 Å². The molecule has 0 aliphatic carbocycles. The Morgan fingerprint density at radius 2 is 1.75 bits per heavy atom. The van der Waals surface area contributed by atoms with Crippen LogP contribution in [0.4, 0.5) is 0 Å². The number of rotatable bonds is 6. The summed E-state index contributed by atoms with van der Waals surface area (Å²) >= 11 is 0. The minimum absolute atomic E-state index is 0.417. The fraction of sp³-hybridized carbons (Fsp3) is 1.00. The van der Waals surface area contributed by atoms with E-state index in [1.807, 2.05) is 27.7 Å². The van der Waals surface area contributed by atoms with Crippen LogP contribution >= 0.6 is 7.60 Å². The lowest BCUT2D eigenvalue weighted by molar-refractivity contribution is 0.262. The molecule has 0 radical (unpaired) electrons. The molecule has 0 aromatic carbocycles. The van der Waals surface area contributed by atoms with Gasteiger partial charge in [0, 0.05) is 14.2 Å². The van der Waals surface area contributed by atoms with Crippen LogP contribution in [-0.2, 0) is 24.6 Å². The molecule has 98 valence electrons. The SMILES string of the molecule is CC[C@H](N[S@@](=O)C(C)(C)C)P(=O)(OC)OC. The lowest BCUT2D eigenvalue weighted by Crippen LogP contribution is -2.39. The van der Waals surface area contributed by atoms with Crippen molar-refractivity contribution in [2.45, 2.75) is 44.6 Å². The molecule has 1 N–H and O–H groups in total. The van der Waals surface area contributed by atoms with Gasteiger partial charge in [-0.2, -0.15) is 0 Å². The van der Waals surface area contributed by atoms with Crippen molar-refractivity contribution < 1.29 is 17.8 Å². The number of hydrogen-bond donors (Lipinski definition) is 1. The van der Waals surface area contributed by atoms with Gasteiger partial charge < -0.3 is 9.05 Å². The molecule has 16 heavy (non-hydrogen) atoms. The largest absolute Gasteiger partial charge is 0.347 e. The summed E-state index contributed by atoms with van der Waals surface area (Å²) in [6, 6.07) is 0. The normalized spacial score (nSPS) is 17.1. The predicted octanol–water partition coefficient (Wildman–Crippen LogP) is 2.26. The standard InChI is InChI=1S/C9H22NO4PS/c1-7-8(15(11,13-5)14-6)10-16(12)9(2,3)4/h8,10H,7H2,1-6H3/t8-,16+/m1/s1. The summed E-state index contributed by atoms with van der Waals surface area (Å²) in [6.07, 6.45) is 0.515. The van der Waals surface area contributed by atoms with Gasteiger partial charge in [0.25, 0.3) is 0 Å². The van der Waals surface area contributed by atoms with Crippen molar-refractivity contribution in [2.24, 2.45) is 0 Å². The second kappa shape index (κ2) is 6.26. The average molecular weight is 271 g/mol. The van der Waals surface area contributed by atoms with Gasteiger partial charge in [0.2, 0.25) is 0 Å². The van der Waals surface area contributed by atoms with Gasteiger partial charge in [0.05, 0.1) is 15.7 Å². The maximum absolute atomic E-state index is 12.1. The van der Waals surface area contributed by atoms with E-state index in [0.29, 0.717) is 6.42 Å². The fourth-order valence-corrected chi connectivity index (χ4v) is 3.68. The van der Waals surface area contributed by atoms with E-state index < -0.39 is 29.1 Å². The van der Waals surface area contributed by atoms with Crippen LogP contribution < -0.4 is 4.72 Å². The first kappa shape index (κ1) is 16.3. The lowest BCUT2D eigenvalue weighted by Gasteiger charge is -2.27. The minimum Gasteiger partial charge on any atom is -0.311 e. The third-order valence-electron chi connectivity index (χ3n) is 2.08. The van der Waals surface area contributed by atoms with Crippen molar-refractivity contribution in [1.82, 2.24) is 4.72 Å². The van der Waals surface area contributed by atoms with Crippen LogP contribution in [0.3, 0.4) is 0 Å². The number of hydrogen-bond acceptors (Lipinski definition) is 4. The van der Waals surface area contributed by atoms with E-state index >= 15 is 0 Å². The third kappa shape index (κ3) is 4.26. The van der Waals surface area contributed by atoms with E-state index in [1.54, 1.807) is 0 Å². The molecule has 0 amide bonds. The Hall–Kier alpha value is 0.260. The van der Waals surface area contributed by atoms with Crippen LogP contribution in [0.5, 0.6) is 0 Å². The smallest absolute Gasteiger partial charge is 0.311 e. The third-order valence-corrected chi connectivity index (χ3v) is 6.14. The van der Waals surface area contributed by atoms with Gasteiger partial charge in [-0.3, -0.25) is 4.57 Å². The van der Waals surface area contributed by atoms with E-state index in [1.165, 1.54) is 14.2 Å². The summed E-state index contributed by atoms with van der Waals surface area (Å²) in [5, 5.41) is 0. The highest BCUT2D eigenvalue weighted by atomic mass is 32.2. The van der Waals surface area contributed by atoms with Crippen molar-refractivity contribution in [3.8, 4) is 0 Å². The maximum atomic E-state index is 12.1. The maximum Gasteiger partial charge on any atom is 0.347 e. The van der Waals surface area contributed by atoms with Gasteiger partial charge in [-0.15, -0.1) is 0 Å². The molecule has 0 rings (SSSR count). The van der Waals surface area contributed by atoms with Crippen molar-refractivity contribution in [1.29, 1.82) is 0 Å². The molecule has 0 aromatic heterocycles. The molecule has 2 atom stereocenters. The van der Waals surface area contributed by atoms with Crippen LogP contribution in [0.2, 0.25) is 0 Å². The quantitative estimate of drug-likeness (QED) is 0.753. The molecule has 0 saturated heterocycles. The molecule has 0 aromatic rings. The summed E-state index contributed by atoms with van der Waals surface area (Å²) < 4.78 is 36.2. The molecule has 0 bridgehead atoms. The average Bonchev–Trinajstić information content (AvgIpc) is 2.23. The molecule has 7 heteroatoms. The summed E-state index contributed by atoms with van der Waals surface area (Å²) in [5.41, 5.74) is 0.